The molecular formula is C24H21FN4O3. The molecule has 3 aromatic rings. The average Bonchev–Trinajstić information content (AvgIpc) is 3.06. The second-order valence-electron chi connectivity index (χ2n) is 7.38. The Bertz CT molecular complexity index is 1210. The fraction of sp³-hybridized carbons (Fsp3) is 0.250. The van der Waals surface area contributed by atoms with E-state index >= 15 is 0 Å². The predicted octanol–water partition coefficient (Wildman–Crippen LogP) is 4.44. The highest BCUT2D eigenvalue weighted by molar-refractivity contribution is 5.91. The number of methoxy groups -OCH3 is 1. The van der Waals surface area contributed by atoms with Gasteiger partial charge in [0.2, 0.25) is 0 Å². The summed E-state index contributed by atoms with van der Waals surface area (Å²) >= 11 is 0. The number of carbonyl (C=O) groups is 1. The van der Waals surface area contributed by atoms with Gasteiger partial charge in [-0.3, -0.25) is 0 Å². The summed E-state index contributed by atoms with van der Waals surface area (Å²) in [5, 5.41) is 18.2. The first-order chi connectivity index (χ1) is 15.6. The van der Waals surface area contributed by atoms with Crippen LogP contribution in [0.4, 0.5) is 4.39 Å². The van der Waals surface area contributed by atoms with Gasteiger partial charge in [-0.1, -0.05) is 12.5 Å². The smallest absolute Gasteiger partial charge is 0.343 e. The summed E-state index contributed by atoms with van der Waals surface area (Å²) in [7, 11) is 1.46. The van der Waals surface area contributed by atoms with Crippen LogP contribution in [0.1, 0.15) is 46.8 Å². The molecule has 0 radical (unpaired) electrons. The van der Waals surface area contributed by atoms with Gasteiger partial charge in [0, 0.05) is 13.0 Å². The maximum absolute atomic E-state index is 13.1. The van der Waals surface area contributed by atoms with E-state index in [0.717, 1.165) is 38.1 Å². The lowest BCUT2D eigenvalue weighted by molar-refractivity contribution is 0.0729. The van der Waals surface area contributed by atoms with Crippen LogP contribution in [0.5, 0.6) is 11.5 Å². The maximum Gasteiger partial charge on any atom is 0.343 e. The largest absolute Gasteiger partial charge is 0.493 e. The topological polar surface area (TPSA) is 90.0 Å². The van der Waals surface area contributed by atoms with Crippen molar-refractivity contribution >= 4 is 17.6 Å². The molecule has 1 aromatic heterocycles. The zero-order chi connectivity index (χ0) is 22.5. The molecule has 7 nitrogen and oxygen atoms in total. The standard InChI is InChI=1S/C24H21FN4O3/c1-31-21-14-16(6-11-20(21)32-24(30)17-7-9-19(25)10-8-17)13-18(15-26)23-28-27-22-5-3-2-4-12-29(22)23/h6-11,13-14H,2-5,12H2,1H3. The first-order valence-electron chi connectivity index (χ1n) is 10.3. The number of nitrogens with zero attached hydrogens (tertiary/aromatic N) is 4. The van der Waals surface area contributed by atoms with E-state index in [1.54, 1.807) is 24.3 Å². The molecule has 0 N–H and O–H groups in total. The lowest BCUT2D eigenvalue weighted by Gasteiger charge is -2.10. The molecular weight excluding hydrogens is 411 g/mol. The molecule has 0 spiro atoms. The van der Waals surface area contributed by atoms with Crippen LogP contribution in [0, 0.1) is 17.1 Å². The molecule has 1 aliphatic rings. The average molecular weight is 432 g/mol. The zero-order valence-electron chi connectivity index (χ0n) is 17.5. The number of allylic oxidation sites excluding steroid dienone is 1. The number of rotatable bonds is 5. The van der Waals surface area contributed by atoms with E-state index in [0.29, 0.717) is 22.7 Å². The first-order valence-corrected chi connectivity index (χ1v) is 10.3. The van der Waals surface area contributed by atoms with Gasteiger partial charge in [-0.2, -0.15) is 5.26 Å². The van der Waals surface area contributed by atoms with E-state index in [1.807, 2.05) is 4.57 Å². The molecule has 162 valence electrons. The summed E-state index contributed by atoms with van der Waals surface area (Å²) in [6.45, 7) is 0.790. The van der Waals surface area contributed by atoms with Crippen molar-refractivity contribution in [3.8, 4) is 17.6 Å². The van der Waals surface area contributed by atoms with Crippen molar-refractivity contribution in [3.63, 3.8) is 0 Å². The Morgan fingerprint density at radius 2 is 1.94 bits per heavy atom. The van der Waals surface area contributed by atoms with Gasteiger partial charge in [-0.15, -0.1) is 10.2 Å². The van der Waals surface area contributed by atoms with Crippen molar-refractivity contribution in [2.45, 2.75) is 32.2 Å². The predicted molar refractivity (Wildman–Crippen MR) is 115 cm³/mol. The first kappa shape index (κ1) is 21.2. The third kappa shape index (κ3) is 4.52. The van der Waals surface area contributed by atoms with Crippen LogP contribution in [0.15, 0.2) is 42.5 Å². The maximum atomic E-state index is 13.1. The monoisotopic (exact) mass is 432 g/mol. The van der Waals surface area contributed by atoms with Crippen LogP contribution in [-0.4, -0.2) is 27.8 Å². The number of esters is 1. The molecule has 8 heteroatoms. The lowest BCUT2D eigenvalue weighted by atomic mass is 10.1. The number of aryl methyl sites for hydroxylation is 1. The minimum absolute atomic E-state index is 0.217. The number of hydrogen-bond donors (Lipinski definition) is 0. The summed E-state index contributed by atoms with van der Waals surface area (Å²) in [4.78, 5) is 12.3. The number of hydrogen-bond acceptors (Lipinski definition) is 6. The third-order valence-electron chi connectivity index (χ3n) is 5.25. The number of halogens is 1. The second-order valence-corrected chi connectivity index (χ2v) is 7.38. The van der Waals surface area contributed by atoms with Crippen LogP contribution in [0.3, 0.4) is 0 Å². The van der Waals surface area contributed by atoms with E-state index < -0.39 is 11.8 Å². The van der Waals surface area contributed by atoms with Crippen LogP contribution < -0.4 is 9.47 Å². The Balaban J connectivity index is 1.60. The van der Waals surface area contributed by atoms with E-state index in [-0.39, 0.29) is 11.3 Å². The molecule has 2 aromatic carbocycles. The van der Waals surface area contributed by atoms with Crippen molar-refractivity contribution in [3.05, 3.63) is 71.1 Å². The highest BCUT2D eigenvalue weighted by atomic mass is 19.1. The van der Waals surface area contributed by atoms with Gasteiger partial charge < -0.3 is 14.0 Å². The minimum atomic E-state index is -0.629. The number of benzene rings is 2. The summed E-state index contributed by atoms with van der Waals surface area (Å²) in [5.41, 5.74) is 1.30. The van der Waals surface area contributed by atoms with Gasteiger partial charge >= 0.3 is 5.97 Å². The van der Waals surface area contributed by atoms with Crippen LogP contribution in [-0.2, 0) is 13.0 Å². The molecule has 1 aliphatic heterocycles. The van der Waals surface area contributed by atoms with Crippen molar-refractivity contribution in [1.29, 1.82) is 5.26 Å². The molecule has 2 heterocycles. The molecule has 0 fully saturated rings. The number of aromatic nitrogens is 3. The molecule has 0 bridgehead atoms. The number of carbonyl (C=O) groups excluding carboxylic acids is 1. The van der Waals surface area contributed by atoms with E-state index in [4.69, 9.17) is 9.47 Å². The van der Waals surface area contributed by atoms with Gasteiger partial charge in [0.25, 0.3) is 0 Å². The van der Waals surface area contributed by atoms with Gasteiger partial charge in [-0.05, 0) is 60.9 Å². The van der Waals surface area contributed by atoms with Crippen molar-refractivity contribution in [1.82, 2.24) is 14.8 Å². The van der Waals surface area contributed by atoms with Crippen molar-refractivity contribution < 1.29 is 18.7 Å². The Kier molecular flexibility index (Phi) is 6.26. The van der Waals surface area contributed by atoms with E-state index in [2.05, 4.69) is 16.3 Å². The van der Waals surface area contributed by atoms with Crippen molar-refractivity contribution in [2.75, 3.05) is 7.11 Å². The Hall–Kier alpha value is -3.99. The molecule has 0 unspecified atom stereocenters. The normalized spacial score (nSPS) is 13.6. The van der Waals surface area contributed by atoms with Crippen LogP contribution >= 0.6 is 0 Å². The molecule has 0 saturated heterocycles. The summed E-state index contributed by atoms with van der Waals surface area (Å²) in [5.74, 6) is 0.929. The van der Waals surface area contributed by atoms with Gasteiger partial charge in [0.15, 0.2) is 17.3 Å². The van der Waals surface area contributed by atoms with E-state index in [1.165, 1.54) is 31.4 Å². The highest BCUT2D eigenvalue weighted by Crippen LogP contribution is 2.31. The van der Waals surface area contributed by atoms with Gasteiger partial charge in [0.1, 0.15) is 17.7 Å². The van der Waals surface area contributed by atoms with Crippen LogP contribution in [0.2, 0.25) is 0 Å². The Morgan fingerprint density at radius 1 is 1.12 bits per heavy atom. The Morgan fingerprint density at radius 3 is 2.69 bits per heavy atom. The SMILES string of the molecule is COc1cc(C=C(C#N)c2nnc3n2CCCCC3)ccc1OC(=O)c1ccc(F)cc1. The third-order valence-corrected chi connectivity index (χ3v) is 5.25. The van der Waals surface area contributed by atoms with Gasteiger partial charge in [-0.25, -0.2) is 9.18 Å². The number of fused-ring (bicyclic) bond motifs is 1. The number of ether oxygens (including phenoxy) is 2. The molecule has 4 rings (SSSR count). The molecule has 32 heavy (non-hydrogen) atoms. The zero-order valence-corrected chi connectivity index (χ0v) is 17.5. The lowest BCUT2D eigenvalue weighted by Crippen LogP contribution is -2.09. The van der Waals surface area contributed by atoms with Gasteiger partial charge in [0.05, 0.1) is 18.2 Å². The van der Waals surface area contributed by atoms with Crippen LogP contribution in [0.25, 0.3) is 11.6 Å². The molecule has 0 amide bonds. The quantitative estimate of drug-likeness (QED) is 0.336. The number of nitriles is 1. The Labute approximate surface area is 184 Å². The molecule has 0 aliphatic carbocycles. The second kappa shape index (κ2) is 9.43. The fourth-order valence-electron chi connectivity index (χ4n) is 3.60. The van der Waals surface area contributed by atoms with E-state index in [9.17, 15) is 14.4 Å². The highest BCUT2D eigenvalue weighted by Gasteiger charge is 2.18. The fourth-order valence-corrected chi connectivity index (χ4v) is 3.60. The summed E-state index contributed by atoms with van der Waals surface area (Å²) < 4.78 is 25.9. The van der Waals surface area contributed by atoms with Crippen molar-refractivity contribution in [2.24, 2.45) is 0 Å². The minimum Gasteiger partial charge on any atom is -0.493 e. The summed E-state index contributed by atoms with van der Waals surface area (Å²) in [6.07, 6.45) is 5.78. The summed E-state index contributed by atoms with van der Waals surface area (Å²) in [6, 6.07) is 12.3. The molecule has 0 atom stereocenters. The molecule has 0 saturated carbocycles.